The van der Waals surface area contributed by atoms with Gasteiger partial charge in [-0.3, -0.25) is 0 Å². The molecule has 0 fully saturated rings. The van der Waals surface area contributed by atoms with Crippen LogP contribution >= 0.6 is 0 Å². The summed E-state index contributed by atoms with van der Waals surface area (Å²) in [7, 11) is 1.82. The van der Waals surface area contributed by atoms with E-state index in [-0.39, 0.29) is 5.97 Å². The average molecular weight is 182 g/mol. The Morgan fingerprint density at radius 2 is 2.46 bits per heavy atom. The Morgan fingerprint density at radius 1 is 1.69 bits per heavy atom. The van der Waals surface area contributed by atoms with Crippen molar-refractivity contribution in [1.82, 2.24) is 9.55 Å². The van der Waals surface area contributed by atoms with Crippen LogP contribution < -0.4 is 0 Å². The fraction of sp³-hybridized carbons (Fsp3) is 0.556. The number of carbonyl (C=O) groups excluding carboxylic acids is 1. The molecule has 1 heterocycles. The highest BCUT2D eigenvalue weighted by Crippen LogP contribution is 1.98. The summed E-state index contributed by atoms with van der Waals surface area (Å²) in [6.45, 7) is 2.53. The minimum absolute atomic E-state index is 0.339. The standard InChI is InChI=1S/C9H14N2O2/c1-3-4-5-13-9(12)8-6-11(2)7-10-8/h6-7H,3-5H2,1-2H3. The highest BCUT2D eigenvalue weighted by Gasteiger charge is 2.08. The number of hydrogen-bond acceptors (Lipinski definition) is 3. The first-order valence-electron chi connectivity index (χ1n) is 4.39. The number of imidazole rings is 1. The second kappa shape index (κ2) is 4.64. The molecule has 4 heteroatoms. The van der Waals surface area contributed by atoms with Crippen LogP contribution in [-0.2, 0) is 11.8 Å². The largest absolute Gasteiger partial charge is 0.461 e. The van der Waals surface area contributed by atoms with Crippen LogP contribution in [0.15, 0.2) is 12.5 Å². The summed E-state index contributed by atoms with van der Waals surface area (Å²) in [6, 6.07) is 0. The number of aromatic nitrogens is 2. The monoisotopic (exact) mass is 182 g/mol. The minimum Gasteiger partial charge on any atom is -0.461 e. The zero-order chi connectivity index (χ0) is 9.68. The van der Waals surface area contributed by atoms with Crippen LogP contribution in [0.5, 0.6) is 0 Å². The van der Waals surface area contributed by atoms with Crippen LogP contribution in [0.2, 0.25) is 0 Å². The van der Waals surface area contributed by atoms with Crippen LogP contribution in [0.3, 0.4) is 0 Å². The summed E-state index contributed by atoms with van der Waals surface area (Å²) in [6.07, 6.45) is 5.15. The molecule has 4 nitrogen and oxygen atoms in total. The van der Waals surface area contributed by atoms with Gasteiger partial charge in [-0.1, -0.05) is 13.3 Å². The van der Waals surface area contributed by atoms with Crippen molar-refractivity contribution in [2.75, 3.05) is 6.61 Å². The summed E-state index contributed by atoms with van der Waals surface area (Å²) < 4.78 is 6.69. The van der Waals surface area contributed by atoms with Gasteiger partial charge in [0.2, 0.25) is 0 Å². The first-order valence-corrected chi connectivity index (χ1v) is 4.39. The molecule has 72 valence electrons. The number of aryl methyl sites for hydroxylation is 1. The lowest BCUT2D eigenvalue weighted by molar-refractivity contribution is 0.0493. The van der Waals surface area contributed by atoms with Crippen molar-refractivity contribution in [2.45, 2.75) is 19.8 Å². The molecule has 0 atom stereocenters. The summed E-state index contributed by atoms with van der Waals surface area (Å²) in [5.41, 5.74) is 0.374. The van der Waals surface area contributed by atoms with Gasteiger partial charge in [0, 0.05) is 13.2 Å². The number of rotatable bonds is 4. The zero-order valence-corrected chi connectivity index (χ0v) is 7.99. The van der Waals surface area contributed by atoms with Crippen molar-refractivity contribution in [2.24, 2.45) is 7.05 Å². The van der Waals surface area contributed by atoms with Crippen molar-refractivity contribution in [3.05, 3.63) is 18.2 Å². The van der Waals surface area contributed by atoms with Crippen molar-refractivity contribution in [3.8, 4) is 0 Å². The maximum atomic E-state index is 11.2. The Morgan fingerprint density at radius 3 is 3.00 bits per heavy atom. The topological polar surface area (TPSA) is 44.1 Å². The highest BCUT2D eigenvalue weighted by molar-refractivity contribution is 5.86. The molecule has 1 aromatic heterocycles. The van der Waals surface area contributed by atoms with Crippen molar-refractivity contribution >= 4 is 5.97 Å². The molecule has 0 aromatic carbocycles. The Labute approximate surface area is 77.5 Å². The summed E-state index contributed by atoms with van der Waals surface area (Å²) in [5, 5.41) is 0. The number of carbonyl (C=O) groups is 1. The molecular weight excluding hydrogens is 168 g/mol. The minimum atomic E-state index is -0.339. The zero-order valence-electron chi connectivity index (χ0n) is 7.99. The fourth-order valence-corrected chi connectivity index (χ4v) is 0.901. The van der Waals surface area contributed by atoms with Crippen molar-refractivity contribution in [1.29, 1.82) is 0 Å². The average Bonchev–Trinajstić information content (AvgIpc) is 2.52. The lowest BCUT2D eigenvalue weighted by atomic mass is 10.4. The second-order valence-corrected chi connectivity index (χ2v) is 2.91. The third-order valence-electron chi connectivity index (χ3n) is 1.65. The number of hydrogen-bond donors (Lipinski definition) is 0. The van der Waals surface area contributed by atoms with Gasteiger partial charge in [-0.2, -0.15) is 0 Å². The molecule has 0 aliphatic rings. The maximum absolute atomic E-state index is 11.2. The van der Waals surface area contributed by atoms with Crippen molar-refractivity contribution in [3.63, 3.8) is 0 Å². The van der Waals surface area contributed by atoms with Gasteiger partial charge in [0.25, 0.3) is 0 Å². The Bertz CT molecular complexity index is 281. The molecule has 0 saturated heterocycles. The molecule has 1 aromatic rings. The molecular formula is C9H14N2O2. The molecule has 0 unspecified atom stereocenters. The molecule has 0 spiro atoms. The van der Waals surface area contributed by atoms with Crippen LogP contribution in [0.1, 0.15) is 30.3 Å². The van der Waals surface area contributed by atoms with Gasteiger partial charge in [0.1, 0.15) is 0 Å². The van der Waals surface area contributed by atoms with Gasteiger partial charge in [0.05, 0.1) is 12.9 Å². The second-order valence-electron chi connectivity index (χ2n) is 2.91. The molecule has 0 bridgehead atoms. The molecule has 13 heavy (non-hydrogen) atoms. The third-order valence-corrected chi connectivity index (χ3v) is 1.65. The van der Waals surface area contributed by atoms with E-state index in [1.165, 1.54) is 0 Å². The Balaban J connectivity index is 2.40. The van der Waals surface area contributed by atoms with E-state index in [0.29, 0.717) is 12.3 Å². The van der Waals surface area contributed by atoms with E-state index >= 15 is 0 Å². The summed E-state index contributed by atoms with van der Waals surface area (Å²) in [5.74, 6) is -0.339. The fourth-order valence-electron chi connectivity index (χ4n) is 0.901. The number of nitrogens with zero attached hydrogens (tertiary/aromatic N) is 2. The SMILES string of the molecule is CCCCOC(=O)c1cn(C)cn1. The summed E-state index contributed by atoms with van der Waals surface area (Å²) in [4.78, 5) is 15.1. The summed E-state index contributed by atoms with van der Waals surface area (Å²) >= 11 is 0. The predicted octanol–water partition coefficient (Wildman–Crippen LogP) is 1.38. The van der Waals surface area contributed by atoms with Gasteiger partial charge < -0.3 is 9.30 Å². The van der Waals surface area contributed by atoms with Crippen molar-refractivity contribution < 1.29 is 9.53 Å². The van der Waals surface area contributed by atoms with Gasteiger partial charge in [-0.25, -0.2) is 9.78 Å². The Hall–Kier alpha value is -1.32. The van der Waals surface area contributed by atoms with E-state index in [0.717, 1.165) is 12.8 Å². The highest BCUT2D eigenvalue weighted by atomic mass is 16.5. The molecule has 0 saturated carbocycles. The van der Waals surface area contributed by atoms with Gasteiger partial charge in [-0.15, -0.1) is 0 Å². The molecule has 0 radical (unpaired) electrons. The van der Waals surface area contributed by atoms with E-state index in [1.54, 1.807) is 17.1 Å². The lowest BCUT2D eigenvalue weighted by Gasteiger charge is -1.99. The van der Waals surface area contributed by atoms with Crippen LogP contribution in [0.25, 0.3) is 0 Å². The molecule has 0 N–H and O–H groups in total. The third kappa shape index (κ3) is 2.89. The number of esters is 1. The smallest absolute Gasteiger partial charge is 0.358 e. The molecule has 0 aliphatic carbocycles. The van der Waals surface area contributed by atoms with E-state index in [9.17, 15) is 4.79 Å². The number of ether oxygens (including phenoxy) is 1. The quantitative estimate of drug-likeness (QED) is 0.522. The van der Waals surface area contributed by atoms with E-state index in [2.05, 4.69) is 11.9 Å². The molecule has 0 amide bonds. The van der Waals surface area contributed by atoms with Gasteiger partial charge >= 0.3 is 5.97 Å². The first-order chi connectivity index (χ1) is 6.24. The van der Waals surface area contributed by atoms with Crippen LogP contribution in [-0.4, -0.2) is 22.1 Å². The molecule has 0 aliphatic heterocycles. The lowest BCUT2D eigenvalue weighted by Crippen LogP contribution is -2.06. The Kier molecular flexibility index (Phi) is 3.49. The van der Waals surface area contributed by atoms with Crippen LogP contribution in [0.4, 0.5) is 0 Å². The molecule has 1 rings (SSSR count). The normalized spacial score (nSPS) is 10.0. The van der Waals surface area contributed by atoms with E-state index in [4.69, 9.17) is 4.74 Å². The van der Waals surface area contributed by atoms with Crippen LogP contribution in [0, 0.1) is 0 Å². The maximum Gasteiger partial charge on any atom is 0.358 e. The van der Waals surface area contributed by atoms with Gasteiger partial charge in [-0.05, 0) is 6.42 Å². The van der Waals surface area contributed by atoms with Gasteiger partial charge in [0.15, 0.2) is 5.69 Å². The van der Waals surface area contributed by atoms with E-state index in [1.807, 2.05) is 7.05 Å². The number of unbranched alkanes of at least 4 members (excludes halogenated alkanes) is 1. The predicted molar refractivity (Wildman–Crippen MR) is 48.4 cm³/mol. The first kappa shape index (κ1) is 9.77. The van der Waals surface area contributed by atoms with E-state index < -0.39 is 0 Å².